The number of hydrogen-bond donors (Lipinski definition) is 3. The molecule has 0 unspecified atom stereocenters. The van der Waals surface area contributed by atoms with Crippen LogP contribution < -0.4 is 15.7 Å². The van der Waals surface area contributed by atoms with E-state index in [1.54, 1.807) is 0 Å². The van der Waals surface area contributed by atoms with E-state index in [0.29, 0.717) is 10.7 Å². The van der Waals surface area contributed by atoms with Crippen LogP contribution in [0.5, 0.6) is 0 Å². The lowest BCUT2D eigenvalue weighted by Crippen LogP contribution is -2.36. The molecule has 0 saturated heterocycles. The number of rotatable bonds is 9. The Morgan fingerprint density at radius 3 is 2.42 bits per heavy atom. The minimum atomic E-state index is -5.11. The summed E-state index contributed by atoms with van der Waals surface area (Å²) in [7, 11) is -3.86. The number of aromatic nitrogens is 6. The molecule has 3 atom stereocenters. The molecule has 1 amide bonds. The quantitative estimate of drug-likeness (QED) is 0.145. The van der Waals surface area contributed by atoms with Gasteiger partial charge in [-0.05, 0) is 49.2 Å². The number of aryl methyl sites for hydroxylation is 1. The van der Waals surface area contributed by atoms with E-state index in [-0.39, 0.29) is 39.4 Å². The first-order valence-corrected chi connectivity index (χ1v) is 17.2. The zero-order valence-electron chi connectivity index (χ0n) is 26.8. The summed E-state index contributed by atoms with van der Waals surface area (Å²) in [5.41, 5.74) is -3.20. The van der Waals surface area contributed by atoms with Crippen LogP contribution in [-0.4, -0.2) is 49.9 Å². The molecule has 0 saturated carbocycles. The van der Waals surface area contributed by atoms with Crippen molar-refractivity contribution in [2.24, 2.45) is 5.92 Å². The van der Waals surface area contributed by atoms with E-state index in [9.17, 15) is 40.0 Å². The lowest BCUT2D eigenvalue weighted by Gasteiger charge is -2.27. The third-order valence-corrected chi connectivity index (χ3v) is 9.50. The molecule has 5 aromatic rings. The van der Waals surface area contributed by atoms with Gasteiger partial charge in [0.2, 0.25) is 15.9 Å². The number of nitrogens with one attached hydrogen (secondary N) is 3. The van der Waals surface area contributed by atoms with Crippen molar-refractivity contribution in [1.29, 1.82) is 0 Å². The number of pyridine rings is 2. The zero-order valence-corrected chi connectivity index (χ0v) is 27.6. The number of benzene rings is 1. The Morgan fingerprint density at radius 2 is 1.79 bits per heavy atom. The first kappa shape index (κ1) is 34.9. The maximum atomic E-state index is 15.4. The predicted octanol–water partition coefficient (Wildman–Crippen LogP) is 4.73. The Kier molecular flexibility index (Phi) is 8.07. The number of aromatic amines is 1. The standard InChI is InChI=1S/C32H25F7N8O4S/c1-14-19(4-6-24-42-43-30(49)47(14)24)21-11-18(45-52(2,50)51)12-40-27(21)23(9-15-7-16(33)10-17(34)8-15)41-25(48)13-46-29-26(28(44-46)32(37,38)39)20-3-5-22(20)31(29,35)36/h3-8,10-12,20,22-23,45H,9,13H2,1-2H3,(H,41,48)(H,43,49)/t20-,22+,23-/m0/s1. The number of nitrogens with zero attached hydrogens (tertiary/aromatic N) is 5. The first-order valence-electron chi connectivity index (χ1n) is 15.4. The van der Waals surface area contributed by atoms with Crippen LogP contribution in [0.25, 0.3) is 16.8 Å². The van der Waals surface area contributed by atoms with Crippen molar-refractivity contribution in [3.8, 4) is 11.1 Å². The summed E-state index contributed by atoms with van der Waals surface area (Å²) < 4.78 is 130. The van der Waals surface area contributed by atoms with Crippen LogP contribution in [0.3, 0.4) is 0 Å². The first-order chi connectivity index (χ1) is 24.3. The highest BCUT2D eigenvalue weighted by Gasteiger charge is 2.61. The lowest BCUT2D eigenvalue weighted by molar-refractivity contribution is -0.142. The average molecular weight is 751 g/mol. The topological polar surface area (TPSA) is 156 Å². The van der Waals surface area contributed by atoms with Crippen LogP contribution in [0.1, 0.15) is 45.9 Å². The number of carbonyl (C=O) groups excluding carboxylic acids is 1. The monoisotopic (exact) mass is 750 g/mol. The third kappa shape index (κ3) is 6.09. The molecule has 0 radical (unpaired) electrons. The van der Waals surface area contributed by atoms with Gasteiger partial charge in [-0.2, -0.15) is 32.1 Å². The highest BCUT2D eigenvalue weighted by Crippen LogP contribution is 2.60. The van der Waals surface area contributed by atoms with Crippen LogP contribution >= 0.6 is 0 Å². The molecule has 272 valence electrons. The van der Waals surface area contributed by atoms with Gasteiger partial charge in [-0.3, -0.25) is 19.2 Å². The third-order valence-electron chi connectivity index (χ3n) is 8.89. The van der Waals surface area contributed by atoms with Crippen LogP contribution in [0.15, 0.2) is 59.5 Å². The molecule has 0 spiro atoms. The molecule has 1 aromatic carbocycles. The molecular formula is C32H25F7N8O4S. The van der Waals surface area contributed by atoms with Crippen LogP contribution in [0.2, 0.25) is 0 Å². The molecule has 2 aliphatic carbocycles. The van der Waals surface area contributed by atoms with E-state index >= 15 is 8.78 Å². The Hall–Kier alpha value is -5.53. The van der Waals surface area contributed by atoms with Gasteiger partial charge in [0.25, 0.3) is 5.92 Å². The second kappa shape index (κ2) is 12.0. The van der Waals surface area contributed by atoms with Crippen LogP contribution in [0.4, 0.5) is 36.4 Å². The van der Waals surface area contributed by atoms with E-state index in [0.717, 1.165) is 30.7 Å². The number of carbonyl (C=O) groups is 1. The maximum Gasteiger partial charge on any atom is 0.435 e. The van der Waals surface area contributed by atoms with Crippen LogP contribution in [0, 0.1) is 24.5 Å². The summed E-state index contributed by atoms with van der Waals surface area (Å²) in [5.74, 6) is -9.63. The van der Waals surface area contributed by atoms with Crippen molar-refractivity contribution in [1.82, 2.24) is 34.7 Å². The molecule has 52 heavy (non-hydrogen) atoms. The molecule has 4 heterocycles. The fraction of sp³-hybridized carbons (Fsp3) is 0.281. The number of alkyl halides is 5. The van der Waals surface area contributed by atoms with Gasteiger partial charge in [0.1, 0.15) is 23.9 Å². The zero-order chi connectivity index (χ0) is 37.5. The van der Waals surface area contributed by atoms with Crippen molar-refractivity contribution in [3.05, 3.63) is 111 Å². The normalized spacial score (nSPS) is 18.2. The Morgan fingerprint density at radius 1 is 1.08 bits per heavy atom. The SMILES string of the molecule is Cc1c(-c2cc(NS(C)(=O)=O)cnc2[C@H](Cc2cc(F)cc(F)c2)NC(=O)Cn2nc(C(F)(F)F)c3c2C(F)(F)[C@@H]2C=C[C@H]32)ccc2n[nH]c(=O)n12. The number of amides is 1. The summed E-state index contributed by atoms with van der Waals surface area (Å²) in [6, 6.07) is 5.45. The minimum Gasteiger partial charge on any atom is -0.346 e. The smallest absolute Gasteiger partial charge is 0.346 e. The summed E-state index contributed by atoms with van der Waals surface area (Å²) in [6.07, 6.45) is -1.24. The molecule has 0 bridgehead atoms. The highest BCUT2D eigenvalue weighted by molar-refractivity contribution is 7.92. The summed E-state index contributed by atoms with van der Waals surface area (Å²) in [5, 5.41) is 12.1. The molecule has 0 fully saturated rings. The van der Waals surface area contributed by atoms with Gasteiger partial charge < -0.3 is 5.32 Å². The predicted molar refractivity (Wildman–Crippen MR) is 170 cm³/mol. The summed E-state index contributed by atoms with van der Waals surface area (Å²) >= 11 is 0. The van der Waals surface area contributed by atoms with Gasteiger partial charge in [0, 0.05) is 34.4 Å². The Bertz CT molecular complexity index is 2470. The molecule has 0 aliphatic heterocycles. The minimum absolute atomic E-state index is 0.0133. The van der Waals surface area contributed by atoms with Crippen LogP contribution in [-0.2, 0) is 39.9 Å². The molecular weight excluding hydrogens is 725 g/mol. The largest absolute Gasteiger partial charge is 0.435 e. The van der Waals surface area contributed by atoms with Crippen molar-refractivity contribution < 1.29 is 43.9 Å². The number of hydrogen-bond acceptors (Lipinski definition) is 7. The van der Waals surface area contributed by atoms with Crippen molar-refractivity contribution in [3.63, 3.8) is 0 Å². The number of allylic oxidation sites excluding steroid dienone is 2. The van der Waals surface area contributed by atoms with Crippen molar-refractivity contribution >= 4 is 27.3 Å². The fourth-order valence-electron chi connectivity index (χ4n) is 6.80. The van der Waals surface area contributed by atoms with E-state index in [1.807, 2.05) is 0 Å². The molecule has 2 aliphatic rings. The highest BCUT2D eigenvalue weighted by atomic mass is 32.2. The molecule has 7 rings (SSSR count). The van der Waals surface area contributed by atoms with Gasteiger partial charge in [0.15, 0.2) is 11.3 Å². The lowest BCUT2D eigenvalue weighted by atomic mass is 9.81. The molecule has 4 aromatic heterocycles. The number of fused-ring (bicyclic) bond motifs is 4. The molecule has 20 heteroatoms. The van der Waals surface area contributed by atoms with E-state index in [4.69, 9.17) is 0 Å². The number of halogens is 7. The van der Waals surface area contributed by atoms with Gasteiger partial charge in [-0.15, -0.1) is 0 Å². The molecule has 12 nitrogen and oxygen atoms in total. The summed E-state index contributed by atoms with van der Waals surface area (Å²) in [6.45, 7) is 0.424. The number of anilines is 1. The second-order valence-corrected chi connectivity index (χ2v) is 14.3. The van der Waals surface area contributed by atoms with E-state index in [1.165, 1.54) is 35.6 Å². The van der Waals surface area contributed by atoms with Crippen molar-refractivity contribution in [2.45, 2.75) is 43.9 Å². The Balaban J connectivity index is 1.34. The average Bonchev–Trinajstić information content (AvgIpc) is 3.60. The number of H-pyrrole nitrogens is 1. The maximum absolute atomic E-state index is 15.4. The summed E-state index contributed by atoms with van der Waals surface area (Å²) in [4.78, 5) is 30.7. The fourth-order valence-corrected chi connectivity index (χ4v) is 7.34. The van der Waals surface area contributed by atoms with Gasteiger partial charge in [-0.25, -0.2) is 31.5 Å². The van der Waals surface area contributed by atoms with Gasteiger partial charge in [-0.1, -0.05) is 12.2 Å². The number of sulfonamides is 1. The van der Waals surface area contributed by atoms with Crippen molar-refractivity contribution in [2.75, 3.05) is 11.0 Å². The Labute approximate surface area is 288 Å². The van der Waals surface area contributed by atoms with Gasteiger partial charge in [0.05, 0.1) is 35.8 Å². The van der Waals surface area contributed by atoms with E-state index < -0.39 is 93.1 Å². The van der Waals surface area contributed by atoms with E-state index in [2.05, 4.69) is 30.3 Å². The second-order valence-electron chi connectivity index (χ2n) is 12.5. The molecule has 3 N–H and O–H groups in total. The van der Waals surface area contributed by atoms with Gasteiger partial charge >= 0.3 is 11.9 Å².